The number of aliphatic imine (C=N–C) groups is 2. The van der Waals surface area contributed by atoms with E-state index in [0.717, 1.165) is 0 Å². The van der Waals surface area contributed by atoms with Crippen LogP contribution in [0.25, 0.3) is 0 Å². The number of aromatic hydroxyl groups is 1. The summed E-state index contributed by atoms with van der Waals surface area (Å²) in [6.07, 6.45) is 0.810. The number of phenolic OH excluding ortho intramolecular Hbond substituents is 1. The van der Waals surface area contributed by atoms with Gasteiger partial charge in [-0.3, -0.25) is 67.5 Å². The number of carbonyl (C=O) groups excluding carboxylic acids is 11. The van der Waals surface area contributed by atoms with Crippen molar-refractivity contribution in [1.29, 1.82) is 0 Å². The lowest BCUT2D eigenvalue weighted by Crippen LogP contribution is -2.59. The largest absolute Gasteiger partial charge is 0.508 e. The van der Waals surface area contributed by atoms with Crippen LogP contribution in [0.15, 0.2) is 46.8 Å². The Balaban J connectivity index is 2.53. The summed E-state index contributed by atoms with van der Waals surface area (Å²) in [5.41, 5.74) is 34.4. The number of nitrogens with one attached hydrogen (secondary N) is 8. The fourth-order valence-corrected chi connectivity index (χ4v) is 11.2. The SMILES string of the molecule is CSCC[C@H](NC(=O)[C@H](CO)CC(=O)[C@H](CCCN=C(N)N)NC(=O)[C@@H](C)CC(C)C)C(=O)C[C@H](C(=O)N[C@@H](CC(=O)O)C(=O)C[C@@H](CCCCN)C(=O)N[C@@H](Cc1ccc(O)cc1)C(=O)N[C@@H](CCCN=C(N)N)C(=O)N[C@@H](CC(C)C)C(=O)N[C@@H](Cc1cnc[nH]1)C(N)=O)[C@@H](C)O. The summed E-state index contributed by atoms with van der Waals surface area (Å²) in [6.45, 7) is 9.75. The van der Waals surface area contributed by atoms with Crippen LogP contribution in [-0.4, -0.2) is 200 Å². The molecule has 2 aromatic rings. The fourth-order valence-electron chi connectivity index (χ4n) is 10.7. The molecule has 1 aromatic heterocycles. The van der Waals surface area contributed by atoms with Gasteiger partial charge in [0.05, 0.1) is 55.4 Å². The number of Topliss-reactive ketones (excluding diaryl/α,β-unsaturated/α-hetero) is 3. The van der Waals surface area contributed by atoms with Crippen molar-refractivity contribution in [2.24, 2.45) is 79.9 Å². The molecular weight excluding hydrogens is 1310 g/mol. The summed E-state index contributed by atoms with van der Waals surface area (Å²) >= 11 is 1.30. The number of aromatic amines is 1. The van der Waals surface area contributed by atoms with Crippen molar-refractivity contribution >= 4 is 94.3 Å². The summed E-state index contributed by atoms with van der Waals surface area (Å²) in [5, 5.41) is 60.0. The minimum absolute atomic E-state index is 0.00806. The van der Waals surface area contributed by atoms with E-state index < -0.39 is 175 Å². The first-order valence-electron chi connectivity index (χ1n) is 33.3. The van der Waals surface area contributed by atoms with E-state index in [2.05, 4.69) is 57.2 Å². The van der Waals surface area contributed by atoms with E-state index in [4.69, 9.17) is 34.4 Å². The maximum absolute atomic E-state index is 14.7. The third-order valence-corrected chi connectivity index (χ3v) is 16.7. The second-order valence-corrected chi connectivity index (χ2v) is 26.6. The Bertz CT molecular complexity index is 3000. The number of amides is 8. The van der Waals surface area contributed by atoms with Crippen molar-refractivity contribution in [1.82, 2.24) is 47.2 Å². The molecule has 2 rings (SSSR count). The zero-order valence-corrected chi connectivity index (χ0v) is 58.6. The standard InChI is InChI=1S/C65H107N17O16S/c1-35(2)24-37(5)57(92)76-45(13-10-21-73-64(68)69)52(86)28-41(33-83)59(94)77-46(19-23-99-7)54(88)30-44(38(6)84)60(95)79-48(31-55(89)90)53(87)27-40(12-8-9-20-66)58(93)81-51(26-39-15-17-43(85)18-16-39)63(98)78-47(14-11-22-74-65(70)71)61(96)82-50(25-36(3)4)62(97)80-49(56(67)91)29-42-32-72-34-75-42/h15-18,32,34-38,40-41,44-51,83-85H,8-14,19-31,33,66H2,1-7H3,(H2,67,91)(H,72,75)(H,76,92)(H,77,94)(H,78,98)(H,79,95)(H,80,97)(H,81,93)(H,82,96)(H,89,90)(H4,68,69,73)(H4,70,71,74)/t37-,38+,40+,41-,44-,45-,46-,47-,48-,49-,50-,51-/m0/s1. The number of ketones is 3. The summed E-state index contributed by atoms with van der Waals surface area (Å²) < 4.78 is 0. The van der Waals surface area contributed by atoms with Crippen LogP contribution in [0.3, 0.4) is 0 Å². The highest BCUT2D eigenvalue weighted by Gasteiger charge is 2.38. The number of aliphatic carboxylic acids is 1. The summed E-state index contributed by atoms with van der Waals surface area (Å²) in [4.78, 5) is 181. The average molecular weight is 1410 g/mol. The van der Waals surface area contributed by atoms with E-state index in [9.17, 15) is 78.0 Å². The lowest BCUT2D eigenvalue weighted by Gasteiger charge is -2.28. The third-order valence-electron chi connectivity index (χ3n) is 16.1. The van der Waals surface area contributed by atoms with Gasteiger partial charge < -0.3 is 97.0 Å². The van der Waals surface area contributed by atoms with Crippen LogP contribution in [0.1, 0.15) is 143 Å². The van der Waals surface area contributed by atoms with Gasteiger partial charge in [-0.2, -0.15) is 11.8 Å². The predicted molar refractivity (Wildman–Crippen MR) is 371 cm³/mol. The molecule has 1 aromatic carbocycles. The number of carbonyl (C=O) groups is 12. The molecule has 0 aliphatic heterocycles. The number of carboxylic acids is 1. The molecule has 0 aliphatic rings. The van der Waals surface area contributed by atoms with Crippen LogP contribution < -0.4 is 71.6 Å². The summed E-state index contributed by atoms with van der Waals surface area (Å²) in [5.74, 6) is -16.0. The number of guanidine groups is 2. The van der Waals surface area contributed by atoms with E-state index in [1.165, 1.54) is 55.5 Å². The van der Waals surface area contributed by atoms with Gasteiger partial charge in [0.25, 0.3) is 0 Å². The number of unbranched alkanes of at least 4 members (excludes halogenated alkanes) is 1. The lowest BCUT2D eigenvalue weighted by atomic mass is 9.89. The van der Waals surface area contributed by atoms with Gasteiger partial charge in [0.15, 0.2) is 29.3 Å². The smallest absolute Gasteiger partial charge is 0.305 e. The molecule has 33 nitrogen and oxygen atoms in total. The van der Waals surface area contributed by atoms with Gasteiger partial charge in [-0.1, -0.05) is 53.2 Å². The monoisotopic (exact) mass is 1410 g/mol. The first-order chi connectivity index (χ1) is 46.7. The molecule has 0 radical (unpaired) electrons. The number of aromatic nitrogens is 2. The zero-order valence-electron chi connectivity index (χ0n) is 57.8. The number of thioether (sulfide) groups is 1. The molecule has 8 amide bonds. The molecule has 1 heterocycles. The Hall–Kier alpha value is -8.76. The Morgan fingerprint density at radius 1 is 0.545 bits per heavy atom. The number of hydrogen-bond acceptors (Lipinski definition) is 20. The molecular formula is C65H107N17O16S. The molecule has 0 aliphatic carbocycles. The van der Waals surface area contributed by atoms with E-state index in [-0.39, 0.29) is 119 Å². The minimum Gasteiger partial charge on any atom is -0.508 e. The van der Waals surface area contributed by atoms with Crippen molar-refractivity contribution in [3.8, 4) is 5.75 Å². The van der Waals surface area contributed by atoms with Crippen molar-refractivity contribution in [2.75, 3.05) is 38.2 Å². The van der Waals surface area contributed by atoms with Gasteiger partial charge in [-0.25, -0.2) is 4.98 Å². The predicted octanol–water partition coefficient (Wildman–Crippen LogP) is -1.93. The molecule has 34 heteroatoms. The maximum atomic E-state index is 14.7. The molecule has 0 bridgehead atoms. The number of primary amides is 1. The molecule has 99 heavy (non-hydrogen) atoms. The van der Waals surface area contributed by atoms with Gasteiger partial charge in [-0.05, 0) is 113 Å². The summed E-state index contributed by atoms with van der Waals surface area (Å²) in [6, 6.07) is -4.25. The van der Waals surface area contributed by atoms with Gasteiger partial charge in [-0.15, -0.1) is 0 Å². The molecule has 0 unspecified atom stereocenters. The number of aliphatic hydroxyl groups is 2. The van der Waals surface area contributed by atoms with Crippen molar-refractivity contribution in [3.63, 3.8) is 0 Å². The zero-order chi connectivity index (χ0) is 74.5. The van der Waals surface area contributed by atoms with E-state index in [1.54, 1.807) is 27.0 Å². The van der Waals surface area contributed by atoms with Crippen molar-refractivity contribution in [3.05, 3.63) is 48.0 Å². The van der Waals surface area contributed by atoms with Gasteiger partial charge >= 0.3 is 5.97 Å². The number of imidazole rings is 1. The number of rotatable bonds is 51. The average Bonchev–Trinajstić information content (AvgIpc) is 0.880. The highest BCUT2D eigenvalue weighted by molar-refractivity contribution is 7.98. The van der Waals surface area contributed by atoms with E-state index in [1.807, 2.05) is 13.8 Å². The molecule has 24 N–H and O–H groups in total. The molecule has 0 spiro atoms. The first-order valence-corrected chi connectivity index (χ1v) is 34.6. The molecule has 0 saturated heterocycles. The minimum atomic E-state index is -1.88. The first kappa shape index (κ1) is 86.3. The molecule has 0 fully saturated rings. The number of phenols is 1. The topological polar surface area (TPSA) is 579 Å². The number of nitrogens with zero attached hydrogens (tertiary/aromatic N) is 3. The molecule has 0 saturated carbocycles. The highest BCUT2D eigenvalue weighted by atomic mass is 32.2. The van der Waals surface area contributed by atoms with Crippen LogP contribution in [0, 0.1) is 35.5 Å². The highest BCUT2D eigenvalue weighted by Crippen LogP contribution is 2.22. The number of H-pyrrole nitrogens is 1. The Morgan fingerprint density at radius 2 is 1.04 bits per heavy atom. The Kier molecular flexibility index (Phi) is 39.9. The van der Waals surface area contributed by atoms with Gasteiger partial charge in [0, 0.05) is 68.9 Å². The number of hydrogen-bond donors (Lipinski definition) is 18. The number of benzene rings is 1. The van der Waals surface area contributed by atoms with E-state index >= 15 is 0 Å². The lowest BCUT2D eigenvalue weighted by molar-refractivity contribution is -0.142. The fraction of sp³-hybridized carbons (Fsp3) is 0.646. The molecule has 12 atom stereocenters. The van der Waals surface area contributed by atoms with Crippen LogP contribution in [0.2, 0.25) is 0 Å². The molecule has 554 valence electrons. The van der Waals surface area contributed by atoms with Gasteiger partial charge in [0.1, 0.15) is 29.9 Å². The van der Waals surface area contributed by atoms with Crippen molar-refractivity contribution < 1.29 is 78.0 Å². The van der Waals surface area contributed by atoms with Crippen LogP contribution >= 0.6 is 11.8 Å². The normalized spacial score (nSPS) is 14.9. The second-order valence-electron chi connectivity index (χ2n) is 25.6. The second kappa shape index (κ2) is 45.7. The van der Waals surface area contributed by atoms with E-state index in [0.29, 0.717) is 24.1 Å². The third kappa shape index (κ3) is 34.0. The number of carboxylic acid groups (broad SMARTS) is 1. The van der Waals surface area contributed by atoms with Crippen LogP contribution in [0.4, 0.5) is 0 Å². The van der Waals surface area contributed by atoms with Crippen LogP contribution in [-0.2, 0) is 70.4 Å². The Morgan fingerprint density at radius 3 is 1.58 bits per heavy atom. The van der Waals surface area contributed by atoms with Crippen molar-refractivity contribution in [2.45, 2.75) is 193 Å². The number of nitrogens with two attached hydrogens (primary N) is 6. The quantitative estimate of drug-likeness (QED) is 0.0195. The number of aliphatic hydroxyl groups excluding tert-OH is 2. The summed E-state index contributed by atoms with van der Waals surface area (Å²) in [7, 11) is 0. The van der Waals surface area contributed by atoms with Crippen LogP contribution in [0.5, 0.6) is 5.75 Å². The van der Waals surface area contributed by atoms with Gasteiger partial charge in [0.2, 0.25) is 47.3 Å². The Labute approximate surface area is 581 Å². The maximum Gasteiger partial charge on any atom is 0.305 e.